The van der Waals surface area contributed by atoms with Crippen molar-refractivity contribution in [3.8, 4) is 0 Å². The molecule has 0 saturated heterocycles. The molecule has 0 aliphatic heterocycles. The largest absolute Gasteiger partial charge is 0.357 e. The Bertz CT molecular complexity index is 57.2. The SMILES string of the molecule is COC(OC)[SiH](Cl)Cl. The Kier molecular flexibility index (Phi) is 4.99. The van der Waals surface area contributed by atoms with Gasteiger partial charge in [-0.1, -0.05) is 0 Å². The molecule has 0 unspecified atom stereocenters. The Labute approximate surface area is 59.7 Å². The third-order valence-corrected chi connectivity index (χ3v) is 2.86. The fraction of sp³-hybridized carbons (Fsp3) is 1.00. The first-order valence-electron chi connectivity index (χ1n) is 2.06. The minimum atomic E-state index is -1.79. The molecule has 8 heavy (non-hydrogen) atoms. The second-order valence-corrected chi connectivity index (χ2v) is 5.88. The maximum Gasteiger partial charge on any atom is 0.295 e. The van der Waals surface area contributed by atoms with Gasteiger partial charge in [-0.25, -0.2) is 0 Å². The summed E-state index contributed by atoms with van der Waals surface area (Å²) in [5.74, 6) is -0.377. The molecule has 0 rings (SSSR count). The summed E-state index contributed by atoms with van der Waals surface area (Å²) < 4.78 is 9.47. The molecule has 0 spiro atoms. The summed E-state index contributed by atoms with van der Waals surface area (Å²) in [4.78, 5) is 0. The Morgan fingerprint density at radius 1 is 1.25 bits per heavy atom. The monoisotopic (exact) mass is 174 g/mol. The molecule has 0 bridgehead atoms. The second kappa shape index (κ2) is 4.58. The molecule has 0 aliphatic carbocycles. The maximum absolute atomic E-state index is 5.50. The van der Waals surface area contributed by atoms with E-state index >= 15 is 0 Å². The molecule has 0 aromatic rings. The number of halogens is 2. The predicted molar refractivity (Wildman–Crippen MR) is 36.7 cm³/mol. The number of methoxy groups -OCH3 is 2. The fourth-order valence-corrected chi connectivity index (χ4v) is 1.95. The van der Waals surface area contributed by atoms with Crippen LogP contribution in [0.25, 0.3) is 0 Å². The van der Waals surface area contributed by atoms with E-state index in [0.717, 1.165) is 0 Å². The molecular weight excluding hydrogens is 167 g/mol. The third kappa shape index (κ3) is 2.89. The molecule has 0 aliphatic rings. The van der Waals surface area contributed by atoms with E-state index in [1.807, 2.05) is 0 Å². The average Bonchev–Trinajstić information content (AvgIpc) is 1.69. The molecule has 0 saturated carbocycles. The van der Waals surface area contributed by atoms with Gasteiger partial charge >= 0.3 is 0 Å². The summed E-state index contributed by atoms with van der Waals surface area (Å²) in [5, 5.41) is 0. The Morgan fingerprint density at radius 3 is 1.62 bits per heavy atom. The zero-order valence-electron chi connectivity index (χ0n) is 4.73. The Morgan fingerprint density at radius 2 is 1.62 bits per heavy atom. The van der Waals surface area contributed by atoms with Gasteiger partial charge in [-0.2, -0.15) is 0 Å². The van der Waals surface area contributed by atoms with Crippen LogP contribution in [0.5, 0.6) is 0 Å². The summed E-state index contributed by atoms with van der Waals surface area (Å²) in [6.07, 6.45) is 0. The molecule has 0 N–H and O–H groups in total. The minimum absolute atomic E-state index is 0.377. The van der Waals surface area contributed by atoms with E-state index < -0.39 is 7.42 Å². The molecule has 0 aromatic heterocycles. The number of rotatable bonds is 3. The molecule has 0 aromatic carbocycles. The first kappa shape index (κ1) is 8.72. The summed E-state index contributed by atoms with van der Waals surface area (Å²) in [5.41, 5.74) is 0. The molecule has 0 atom stereocenters. The quantitative estimate of drug-likeness (QED) is 0.359. The first-order valence-corrected chi connectivity index (χ1v) is 6.22. The lowest BCUT2D eigenvalue weighted by atomic mass is 11.3. The fourth-order valence-electron chi connectivity index (χ4n) is 0.302. The molecule has 0 radical (unpaired) electrons. The zero-order chi connectivity index (χ0) is 6.57. The predicted octanol–water partition coefficient (Wildman–Crippen LogP) is 0.843. The standard InChI is InChI=1S/C3H8Cl2O2Si/c1-6-3(7-2)8(4)5/h3,8H,1-2H3. The van der Waals surface area contributed by atoms with Crippen molar-refractivity contribution in [2.45, 2.75) is 5.91 Å². The lowest BCUT2D eigenvalue weighted by Crippen LogP contribution is -2.24. The van der Waals surface area contributed by atoms with Crippen LogP contribution in [0.15, 0.2) is 0 Å². The van der Waals surface area contributed by atoms with Gasteiger partial charge in [0.25, 0.3) is 7.42 Å². The van der Waals surface area contributed by atoms with Crippen molar-refractivity contribution in [2.75, 3.05) is 14.2 Å². The highest BCUT2D eigenvalue weighted by Gasteiger charge is 2.16. The van der Waals surface area contributed by atoms with E-state index in [1.165, 1.54) is 14.2 Å². The molecule has 50 valence electrons. The van der Waals surface area contributed by atoms with Crippen LogP contribution >= 0.6 is 22.2 Å². The van der Waals surface area contributed by atoms with Crippen LogP contribution in [-0.2, 0) is 9.47 Å². The van der Waals surface area contributed by atoms with Gasteiger partial charge in [0.05, 0.1) is 0 Å². The Balaban J connectivity index is 3.35. The summed E-state index contributed by atoms with van der Waals surface area (Å²) in [7, 11) is 1.24. The van der Waals surface area contributed by atoms with E-state index in [4.69, 9.17) is 31.6 Å². The van der Waals surface area contributed by atoms with Crippen LogP contribution in [0.1, 0.15) is 0 Å². The van der Waals surface area contributed by atoms with Gasteiger partial charge in [-0.05, 0) is 0 Å². The van der Waals surface area contributed by atoms with Crippen molar-refractivity contribution in [3.05, 3.63) is 0 Å². The third-order valence-electron chi connectivity index (χ3n) is 0.670. The normalized spacial score (nSPS) is 11.2. The van der Waals surface area contributed by atoms with Gasteiger partial charge in [0.2, 0.25) is 0 Å². The zero-order valence-corrected chi connectivity index (χ0v) is 7.39. The van der Waals surface area contributed by atoms with Gasteiger partial charge in [-0.15, -0.1) is 22.2 Å². The highest BCUT2D eigenvalue weighted by molar-refractivity contribution is 7.34. The second-order valence-electron chi connectivity index (χ2n) is 1.17. The topological polar surface area (TPSA) is 18.5 Å². The van der Waals surface area contributed by atoms with Crippen molar-refractivity contribution >= 4 is 29.6 Å². The van der Waals surface area contributed by atoms with E-state index in [2.05, 4.69) is 0 Å². The van der Waals surface area contributed by atoms with Gasteiger partial charge in [0.1, 0.15) is 0 Å². The summed E-state index contributed by atoms with van der Waals surface area (Å²) >= 11 is 11.0. The van der Waals surface area contributed by atoms with Crippen molar-refractivity contribution in [1.82, 2.24) is 0 Å². The van der Waals surface area contributed by atoms with Gasteiger partial charge in [0.15, 0.2) is 5.91 Å². The van der Waals surface area contributed by atoms with Crippen LogP contribution in [0, 0.1) is 0 Å². The molecule has 2 nitrogen and oxygen atoms in total. The molecule has 5 heteroatoms. The van der Waals surface area contributed by atoms with Gasteiger partial charge in [-0.3, -0.25) is 0 Å². The maximum atomic E-state index is 5.50. The lowest BCUT2D eigenvalue weighted by molar-refractivity contribution is -0.0433. The molecular formula is C3H8Cl2O2Si. The van der Waals surface area contributed by atoms with Crippen molar-refractivity contribution in [2.24, 2.45) is 0 Å². The van der Waals surface area contributed by atoms with Gasteiger partial charge in [0, 0.05) is 14.2 Å². The number of hydrogen-bond acceptors (Lipinski definition) is 2. The number of hydrogen-bond donors (Lipinski definition) is 0. The highest BCUT2D eigenvalue weighted by Crippen LogP contribution is 2.05. The van der Waals surface area contributed by atoms with Gasteiger partial charge < -0.3 is 9.47 Å². The average molecular weight is 175 g/mol. The summed E-state index contributed by atoms with van der Waals surface area (Å²) in [6.45, 7) is 0. The van der Waals surface area contributed by atoms with Crippen molar-refractivity contribution < 1.29 is 9.47 Å². The van der Waals surface area contributed by atoms with Crippen LogP contribution < -0.4 is 0 Å². The molecule has 0 fully saturated rings. The van der Waals surface area contributed by atoms with E-state index in [0.29, 0.717) is 0 Å². The Hall–Kier alpha value is 0.717. The number of ether oxygens (including phenoxy) is 2. The van der Waals surface area contributed by atoms with Crippen LogP contribution in [-0.4, -0.2) is 27.5 Å². The van der Waals surface area contributed by atoms with Crippen LogP contribution in [0.3, 0.4) is 0 Å². The summed E-state index contributed by atoms with van der Waals surface area (Å²) in [6, 6.07) is 0. The lowest BCUT2D eigenvalue weighted by Gasteiger charge is -2.11. The molecule has 0 amide bonds. The van der Waals surface area contributed by atoms with Crippen molar-refractivity contribution in [1.29, 1.82) is 0 Å². The van der Waals surface area contributed by atoms with Crippen LogP contribution in [0.2, 0.25) is 0 Å². The molecule has 0 heterocycles. The smallest absolute Gasteiger partial charge is 0.295 e. The van der Waals surface area contributed by atoms with E-state index in [9.17, 15) is 0 Å². The first-order chi connectivity index (χ1) is 3.72. The van der Waals surface area contributed by atoms with E-state index in [1.54, 1.807) is 0 Å². The highest BCUT2D eigenvalue weighted by atomic mass is 35.7. The minimum Gasteiger partial charge on any atom is -0.357 e. The van der Waals surface area contributed by atoms with E-state index in [-0.39, 0.29) is 5.91 Å². The van der Waals surface area contributed by atoms with Crippen LogP contribution in [0.4, 0.5) is 0 Å². The van der Waals surface area contributed by atoms with Crippen molar-refractivity contribution in [3.63, 3.8) is 0 Å².